The van der Waals surface area contributed by atoms with Gasteiger partial charge < -0.3 is 14.1 Å². The highest BCUT2D eigenvalue weighted by Gasteiger charge is 2.38. The SMILES string of the molecule is CCCCc1oc2ccccc2c1-c1c(C=O)cc(C(F)(F)F)c(OCCN(CC)CC)c1I. The Labute approximate surface area is 211 Å². The molecule has 8 heteroatoms. The Morgan fingerprint density at radius 2 is 1.82 bits per heavy atom. The van der Waals surface area contributed by atoms with Gasteiger partial charge in [-0.1, -0.05) is 45.4 Å². The second kappa shape index (κ2) is 11.6. The average molecular weight is 587 g/mol. The number of likely N-dealkylation sites (N-methyl/N-ethyl adjacent to an activating group) is 1. The third-order valence-electron chi connectivity index (χ3n) is 5.91. The number of para-hydroxylation sites is 1. The van der Waals surface area contributed by atoms with Gasteiger partial charge in [0.1, 0.15) is 23.7 Å². The van der Waals surface area contributed by atoms with Gasteiger partial charge in [0.15, 0.2) is 6.29 Å². The smallest absolute Gasteiger partial charge is 0.420 e. The fraction of sp³-hybridized carbons (Fsp3) is 0.423. The van der Waals surface area contributed by atoms with Crippen LogP contribution < -0.4 is 4.74 Å². The molecule has 0 N–H and O–H groups in total. The first-order chi connectivity index (χ1) is 16.3. The summed E-state index contributed by atoms with van der Waals surface area (Å²) < 4.78 is 54.2. The Bertz CT molecular complexity index is 1140. The average Bonchev–Trinajstić information content (AvgIpc) is 3.18. The number of aryl methyl sites for hydroxylation is 1. The minimum atomic E-state index is -4.66. The highest BCUT2D eigenvalue weighted by atomic mass is 127. The van der Waals surface area contributed by atoms with E-state index in [0.29, 0.717) is 41.7 Å². The van der Waals surface area contributed by atoms with Crippen LogP contribution in [0.4, 0.5) is 13.2 Å². The molecule has 3 rings (SSSR count). The lowest BCUT2D eigenvalue weighted by Gasteiger charge is -2.22. The van der Waals surface area contributed by atoms with E-state index >= 15 is 0 Å². The van der Waals surface area contributed by atoms with Crippen molar-refractivity contribution >= 4 is 39.8 Å². The van der Waals surface area contributed by atoms with Crippen LogP contribution in [0, 0.1) is 3.57 Å². The van der Waals surface area contributed by atoms with E-state index in [1.807, 2.05) is 60.7 Å². The molecule has 184 valence electrons. The van der Waals surface area contributed by atoms with Gasteiger partial charge in [0.2, 0.25) is 0 Å². The first kappa shape index (κ1) is 26.5. The summed E-state index contributed by atoms with van der Waals surface area (Å²) in [6.45, 7) is 8.21. The number of carbonyl (C=O) groups is 1. The lowest BCUT2D eigenvalue weighted by Crippen LogP contribution is -2.28. The van der Waals surface area contributed by atoms with Crippen LogP contribution in [0.15, 0.2) is 34.7 Å². The van der Waals surface area contributed by atoms with Gasteiger partial charge in [0, 0.05) is 35.0 Å². The third-order valence-corrected chi connectivity index (χ3v) is 6.94. The summed E-state index contributed by atoms with van der Waals surface area (Å²) in [6, 6.07) is 8.30. The number of fused-ring (bicyclic) bond motifs is 1. The van der Waals surface area contributed by atoms with Crippen molar-refractivity contribution < 1.29 is 27.1 Å². The molecule has 0 saturated carbocycles. The first-order valence-electron chi connectivity index (χ1n) is 11.5. The molecule has 0 atom stereocenters. The lowest BCUT2D eigenvalue weighted by atomic mass is 9.93. The summed E-state index contributed by atoms with van der Waals surface area (Å²) in [5.41, 5.74) is 0.762. The van der Waals surface area contributed by atoms with Crippen molar-refractivity contribution in [1.29, 1.82) is 0 Å². The van der Waals surface area contributed by atoms with Crippen molar-refractivity contribution in [2.45, 2.75) is 46.2 Å². The molecule has 0 aliphatic heterocycles. The number of alkyl halides is 3. The van der Waals surface area contributed by atoms with E-state index in [4.69, 9.17) is 9.15 Å². The summed E-state index contributed by atoms with van der Waals surface area (Å²) in [4.78, 5) is 14.1. The van der Waals surface area contributed by atoms with E-state index in [1.165, 1.54) is 0 Å². The molecule has 3 aromatic rings. The van der Waals surface area contributed by atoms with E-state index < -0.39 is 11.7 Å². The van der Waals surface area contributed by atoms with Crippen LogP contribution in [0.5, 0.6) is 5.75 Å². The van der Waals surface area contributed by atoms with E-state index in [1.54, 1.807) is 0 Å². The first-order valence-corrected chi connectivity index (χ1v) is 12.6. The summed E-state index contributed by atoms with van der Waals surface area (Å²) in [6.07, 6.45) is -1.77. The molecule has 34 heavy (non-hydrogen) atoms. The predicted octanol–water partition coefficient (Wildman–Crippen LogP) is 7.60. The molecular formula is C26H29F3INO3. The molecule has 0 unspecified atom stereocenters. The zero-order valence-corrected chi connectivity index (χ0v) is 21.8. The lowest BCUT2D eigenvalue weighted by molar-refractivity contribution is -0.139. The monoisotopic (exact) mass is 587 g/mol. The van der Waals surface area contributed by atoms with E-state index in [2.05, 4.69) is 11.8 Å². The van der Waals surface area contributed by atoms with Crippen molar-refractivity contribution in [3.63, 3.8) is 0 Å². The van der Waals surface area contributed by atoms with Crippen LogP contribution in [-0.4, -0.2) is 37.4 Å². The summed E-state index contributed by atoms with van der Waals surface area (Å²) >= 11 is 1.88. The van der Waals surface area contributed by atoms with Gasteiger partial charge in [-0.3, -0.25) is 4.79 Å². The third kappa shape index (κ3) is 5.59. The van der Waals surface area contributed by atoms with Crippen LogP contribution in [0.1, 0.15) is 55.3 Å². The molecule has 0 aliphatic rings. The molecule has 0 bridgehead atoms. The maximum atomic E-state index is 14.0. The summed E-state index contributed by atoms with van der Waals surface area (Å²) in [5.74, 6) is 0.422. The van der Waals surface area contributed by atoms with Crippen LogP contribution >= 0.6 is 22.6 Å². The molecule has 0 fully saturated rings. The van der Waals surface area contributed by atoms with Gasteiger partial charge in [0.25, 0.3) is 0 Å². The molecule has 1 heterocycles. The van der Waals surface area contributed by atoms with Crippen molar-refractivity contribution in [3.05, 3.63) is 50.8 Å². The molecule has 0 radical (unpaired) electrons. The minimum Gasteiger partial charge on any atom is -0.490 e. The van der Waals surface area contributed by atoms with Crippen molar-refractivity contribution in [3.8, 4) is 16.9 Å². The van der Waals surface area contributed by atoms with Gasteiger partial charge >= 0.3 is 6.18 Å². The molecule has 1 aromatic heterocycles. The second-order valence-electron chi connectivity index (χ2n) is 8.02. The molecule has 4 nitrogen and oxygen atoms in total. The van der Waals surface area contributed by atoms with Crippen LogP contribution in [0.25, 0.3) is 22.1 Å². The standard InChI is InChI=1S/C26H29F3INO3/c1-4-7-11-21-23(18-10-8-9-12-20(18)34-21)22-17(16-32)15-19(26(27,28)29)25(24(22)30)33-14-13-31(5-2)6-3/h8-10,12,15-16H,4-7,11,13-14H2,1-3H3. The number of aldehydes is 1. The van der Waals surface area contributed by atoms with Crippen LogP contribution in [0.3, 0.4) is 0 Å². The van der Waals surface area contributed by atoms with Crippen molar-refractivity contribution in [2.24, 2.45) is 0 Å². The number of rotatable bonds is 11. The number of unbranched alkanes of at least 4 members (excludes halogenated alkanes) is 1. The molecule has 2 aromatic carbocycles. The number of hydrogen-bond acceptors (Lipinski definition) is 4. The Kier molecular flexibility index (Phi) is 9.03. The summed E-state index contributed by atoms with van der Waals surface area (Å²) in [5, 5.41) is 0.767. The van der Waals surface area contributed by atoms with Gasteiger partial charge in [0.05, 0.1) is 9.13 Å². The summed E-state index contributed by atoms with van der Waals surface area (Å²) in [7, 11) is 0. The number of halogens is 4. The quantitative estimate of drug-likeness (QED) is 0.171. The highest BCUT2D eigenvalue weighted by molar-refractivity contribution is 14.1. The highest BCUT2D eigenvalue weighted by Crippen LogP contribution is 2.47. The van der Waals surface area contributed by atoms with Gasteiger partial charge in [-0.25, -0.2) is 0 Å². The Morgan fingerprint density at radius 1 is 1.12 bits per heavy atom. The van der Waals surface area contributed by atoms with Crippen molar-refractivity contribution in [1.82, 2.24) is 4.90 Å². The van der Waals surface area contributed by atoms with Crippen LogP contribution in [0.2, 0.25) is 0 Å². The number of carbonyl (C=O) groups excluding carboxylic acids is 1. The Morgan fingerprint density at radius 3 is 2.44 bits per heavy atom. The Balaban J connectivity index is 2.23. The second-order valence-corrected chi connectivity index (χ2v) is 9.10. The molecule has 0 saturated heterocycles. The van der Waals surface area contributed by atoms with E-state index in [9.17, 15) is 18.0 Å². The van der Waals surface area contributed by atoms with E-state index in [-0.39, 0.29) is 21.5 Å². The largest absolute Gasteiger partial charge is 0.490 e. The number of benzene rings is 2. The molecule has 0 spiro atoms. The van der Waals surface area contributed by atoms with Crippen molar-refractivity contribution in [2.75, 3.05) is 26.2 Å². The van der Waals surface area contributed by atoms with Gasteiger partial charge in [-0.15, -0.1) is 0 Å². The maximum Gasteiger partial charge on any atom is 0.420 e. The Hall–Kier alpha value is -2.07. The number of hydrogen-bond donors (Lipinski definition) is 0. The minimum absolute atomic E-state index is 0.0304. The topological polar surface area (TPSA) is 42.7 Å². The number of ether oxygens (including phenoxy) is 1. The molecular weight excluding hydrogens is 558 g/mol. The van der Waals surface area contributed by atoms with Gasteiger partial charge in [-0.2, -0.15) is 13.2 Å². The fourth-order valence-corrected chi connectivity index (χ4v) is 5.08. The van der Waals surface area contributed by atoms with E-state index in [0.717, 1.165) is 37.4 Å². The molecule has 0 aliphatic carbocycles. The normalized spacial score (nSPS) is 12.0. The van der Waals surface area contributed by atoms with Gasteiger partial charge in [-0.05, 0) is 54.2 Å². The molecule has 0 amide bonds. The number of furan rings is 1. The van der Waals surface area contributed by atoms with Crippen LogP contribution in [-0.2, 0) is 12.6 Å². The zero-order valence-electron chi connectivity index (χ0n) is 19.6. The predicted molar refractivity (Wildman–Crippen MR) is 137 cm³/mol. The number of nitrogens with zero attached hydrogens (tertiary/aromatic N) is 1. The zero-order chi connectivity index (χ0) is 24.9. The fourth-order valence-electron chi connectivity index (χ4n) is 4.05. The maximum absolute atomic E-state index is 14.0.